The number of fused-ring (bicyclic) bond motifs is 1. The Hall–Kier alpha value is -1.93. The molecule has 8 heteroatoms. The second-order valence-corrected chi connectivity index (χ2v) is 6.09. The minimum absolute atomic E-state index is 0.692. The molecule has 102 valence electrons. The smallest absolute Gasteiger partial charge is 0.233 e. The highest BCUT2D eigenvalue weighted by molar-refractivity contribution is 8.00. The SMILES string of the molecule is C=CCNc1nnc(SCc2cn3cccnc3n2)s1. The van der Waals surface area contributed by atoms with Gasteiger partial charge in [0.25, 0.3) is 0 Å². The molecule has 0 aliphatic heterocycles. The van der Waals surface area contributed by atoms with E-state index >= 15 is 0 Å². The molecule has 0 spiro atoms. The Balaban J connectivity index is 1.63. The fraction of sp³-hybridized carbons (Fsp3) is 0.167. The van der Waals surface area contributed by atoms with Crippen LogP contribution in [0.25, 0.3) is 5.78 Å². The van der Waals surface area contributed by atoms with E-state index in [2.05, 4.69) is 32.1 Å². The molecule has 0 unspecified atom stereocenters. The van der Waals surface area contributed by atoms with E-state index in [9.17, 15) is 0 Å². The Labute approximate surface area is 124 Å². The molecule has 20 heavy (non-hydrogen) atoms. The second-order valence-electron chi connectivity index (χ2n) is 3.89. The van der Waals surface area contributed by atoms with Crippen LogP contribution < -0.4 is 5.32 Å². The van der Waals surface area contributed by atoms with E-state index in [4.69, 9.17) is 0 Å². The summed E-state index contributed by atoms with van der Waals surface area (Å²) in [5.74, 6) is 1.47. The second kappa shape index (κ2) is 6.02. The number of thioether (sulfide) groups is 1. The molecule has 1 N–H and O–H groups in total. The van der Waals surface area contributed by atoms with E-state index in [1.165, 1.54) is 11.3 Å². The maximum absolute atomic E-state index is 4.44. The molecule has 0 amide bonds. The van der Waals surface area contributed by atoms with Crippen molar-refractivity contribution in [2.45, 2.75) is 10.1 Å². The van der Waals surface area contributed by atoms with Crippen LogP contribution in [-0.4, -0.2) is 31.1 Å². The zero-order valence-corrected chi connectivity index (χ0v) is 12.2. The minimum Gasteiger partial charge on any atom is -0.357 e. The standard InChI is InChI=1S/C12H12N6S2/c1-2-4-14-11-16-17-12(20-11)19-8-9-7-18-6-3-5-13-10(18)15-9/h2-3,5-7H,1,4,8H2,(H,14,16). The highest BCUT2D eigenvalue weighted by atomic mass is 32.2. The predicted octanol–water partition coefficient (Wildman–Crippen LogP) is 2.47. The normalized spacial score (nSPS) is 10.8. The van der Waals surface area contributed by atoms with E-state index in [-0.39, 0.29) is 0 Å². The Kier molecular flexibility index (Phi) is 3.93. The number of anilines is 1. The molecule has 6 nitrogen and oxygen atoms in total. The van der Waals surface area contributed by atoms with Gasteiger partial charge in [0.05, 0.1) is 5.69 Å². The summed E-state index contributed by atoms with van der Waals surface area (Å²) in [6.07, 6.45) is 7.44. The molecule has 3 rings (SSSR count). The van der Waals surface area contributed by atoms with Gasteiger partial charge in [-0.1, -0.05) is 29.2 Å². The third-order valence-electron chi connectivity index (χ3n) is 2.43. The molecule has 0 radical (unpaired) electrons. The molecule has 0 bridgehead atoms. The lowest BCUT2D eigenvalue weighted by Crippen LogP contribution is -1.96. The first kappa shape index (κ1) is 13.1. The highest BCUT2D eigenvalue weighted by Crippen LogP contribution is 2.27. The van der Waals surface area contributed by atoms with Gasteiger partial charge in [0.2, 0.25) is 10.9 Å². The molecule has 0 saturated heterocycles. The number of nitrogens with one attached hydrogen (secondary N) is 1. The van der Waals surface area contributed by atoms with Gasteiger partial charge in [-0.05, 0) is 6.07 Å². The summed E-state index contributed by atoms with van der Waals surface area (Å²) in [4.78, 5) is 8.64. The Morgan fingerprint density at radius 3 is 3.25 bits per heavy atom. The quantitative estimate of drug-likeness (QED) is 0.557. The zero-order chi connectivity index (χ0) is 13.8. The summed E-state index contributed by atoms with van der Waals surface area (Å²) in [5.41, 5.74) is 0.976. The molecule has 3 heterocycles. The van der Waals surface area contributed by atoms with E-state index in [1.807, 2.05) is 22.9 Å². The van der Waals surface area contributed by atoms with Gasteiger partial charge in [0.15, 0.2) is 4.34 Å². The molecular formula is C12H12N6S2. The van der Waals surface area contributed by atoms with Crippen LogP contribution >= 0.6 is 23.1 Å². The van der Waals surface area contributed by atoms with E-state index < -0.39 is 0 Å². The molecule has 3 aromatic rings. The van der Waals surface area contributed by atoms with Crippen LogP contribution in [0.4, 0.5) is 5.13 Å². The van der Waals surface area contributed by atoms with Crippen molar-refractivity contribution in [3.05, 3.63) is 43.0 Å². The fourth-order valence-corrected chi connectivity index (χ4v) is 3.23. The predicted molar refractivity (Wildman–Crippen MR) is 81.1 cm³/mol. The Morgan fingerprint density at radius 1 is 1.45 bits per heavy atom. The average Bonchev–Trinajstić information content (AvgIpc) is 3.09. The largest absolute Gasteiger partial charge is 0.357 e. The van der Waals surface area contributed by atoms with Crippen LogP contribution in [-0.2, 0) is 5.75 Å². The maximum atomic E-state index is 4.44. The van der Waals surface area contributed by atoms with Crippen molar-refractivity contribution >= 4 is 34.0 Å². The van der Waals surface area contributed by atoms with Crippen molar-refractivity contribution in [1.29, 1.82) is 0 Å². The molecule has 0 fully saturated rings. The first-order valence-electron chi connectivity index (χ1n) is 5.95. The van der Waals surface area contributed by atoms with Crippen LogP contribution in [0.5, 0.6) is 0 Å². The van der Waals surface area contributed by atoms with Crippen LogP contribution in [0.3, 0.4) is 0 Å². The fourth-order valence-electron chi connectivity index (χ4n) is 1.58. The highest BCUT2D eigenvalue weighted by Gasteiger charge is 2.07. The third-order valence-corrected chi connectivity index (χ3v) is 4.48. The first-order valence-corrected chi connectivity index (χ1v) is 7.75. The average molecular weight is 304 g/mol. The first-order chi connectivity index (χ1) is 9.85. The number of aromatic nitrogens is 5. The molecule has 0 aromatic carbocycles. The van der Waals surface area contributed by atoms with Crippen LogP contribution in [0.2, 0.25) is 0 Å². The van der Waals surface area contributed by atoms with E-state index in [0.29, 0.717) is 12.3 Å². The Morgan fingerprint density at radius 2 is 2.40 bits per heavy atom. The lowest BCUT2D eigenvalue weighted by molar-refractivity contribution is 1.01. The van der Waals surface area contributed by atoms with Gasteiger partial charge < -0.3 is 5.32 Å². The van der Waals surface area contributed by atoms with Crippen LogP contribution in [0.1, 0.15) is 5.69 Å². The van der Waals surface area contributed by atoms with E-state index in [1.54, 1.807) is 24.0 Å². The van der Waals surface area contributed by atoms with Crippen molar-refractivity contribution in [2.24, 2.45) is 0 Å². The Bertz CT molecular complexity index is 686. The summed E-state index contributed by atoms with van der Waals surface area (Å²) in [7, 11) is 0. The molecule has 0 saturated carbocycles. The van der Waals surface area contributed by atoms with Crippen molar-refractivity contribution in [1.82, 2.24) is 24.6 Å². The van der Waals surface area contributed by atoms with Gasteiger partial charge >= 0.3 is 0 Å². The van der Waals surface area contributed by atoms with Gasteiger partial charge in [-0.15, -0.1) is 16.8 Å². The molecule has 0 atom stereocenters. The lowest BCUT2D eigenvalue weighted by Gasteiger charge is -1.93. The minimum atomic E-state index is 0.692. The molecular weight excluding hydrogens is 292 g/mol. The van der Waals surface area contributed by atoms with Crippen LogP contribution in [0.15, 0.2) is 41.7 Å². The third kappa shape index (κ3) is 2.97. The molecule has 3 aromatic heterocycles. The number of rotatable bonds is 6. The molecule has 0 aliphatic rings. The van der Waals surface area contributed by atoms with Gasteiger partial charge in [0, 0.05) is 30.9 Å². The van der Waals surface area contributed by atoms with Crippen molar-refractivity contribution < 1.29 is 0 Å². The number of nitrogens with zero attached hydrogens (tertiary/aromatic N) is 5. The topological polar surface area (TPSA) is 68.0 Å². The van der Waals surface area contributed by atoms with Crippen LogP contribution in [0, 0.1) is 0 Å². The van der Waals surface area contributed by atoms with Crippen molar-refractivity contribution in [3.8, 4) is 0 Å². The lowest BCUT2D eigenvalue weighted by atomic mass is 10.6. The zero-order valence-electron chi connectivity index (χ0n) is 10.6. The van der Waals surface area contributed by atoms with E-state index in [0.717, 1.165) is 20.9 Å². The van der Waals surface area contributed by atoms with Crippen molar-refractivity contribution in [2.75, 3.05) is 11.9 Å². The summed E-state index contributed by atoms with van der Waals surface area (Å²) in [6, 6.07) is 1.88. The summed E-state index contributed by atoms with van der Waals surface area (Å²) in [5, 5.41) is 12.1. The van der Waals surface area contributed by atoms with Gasteiger partial charge in [-0.25, -0.2) is 9.97 Å². The summed E-state index contributed by atoms with van der Waals surface area (Å²) in [6.45, 7) is 4.34. The number of hydrogen-bond donors (Lipinski definition) is 1. The molecule has 0 aliphatic carbocycles. The van der Waals surface area contributed by atoms with Gasteiger partial charge in [-0.3, -0.25) is 4.40 Å². The van der Waals surface area contributed by atoms with Gasteiger partial charge in [-0.2, -0.15) is 0 Å². The van der Waals surface area contributed by atoms with Gasteiger partial charge in [0.1, 0.15) is 0 Å². The number of hydrogen-bond acceptors (Lipinski definition) is 7. The van der Waals surface area contributed by atoms with Crippen molar-refractivity contribution in [3.63, 3.8) is 0 Å². The summed E-state index contributed by atoms with van der Waals surface area (Å²) < 4.78 is 2.83. The monoisotopic (exact) mass is 304 g/mol. The number of imidazole rings is 1. The maximum Gasteiger partial charge on any atom is 0.233 e. The summed E-state index contributed by atoms with van der Waals surface area (Å²) >= 11 is 3.15.